The predicted octanol–water partition coefficient (Wildman–Crippen LogP) is 1.93. The molecule has 1 aromatic heterocycles. The quantitative estimate of drug-likeness (QED) is 0.806. The van der Waals surface area contributed by atoms with Gasteiger partial charge in [-0.1, -0.05) is 0 Å². The number of hydrogen-bond donors (Lipinski definition) is 1. The van der Waals surface area contributed by atoms with Gasteiger partial charge in [-0.05, 0) is 18.9 Å². The van der Waals surface area contributed by atoms with E-state index in [0.717, 1.165) is 24.2 Å². The summed E-state index contributed by atoms with van der Waals surface area (Å²) in [4.78, 5) is 10.7. The maximum absolute atomic E-state index is 10.7. The Bertz CT molecular complexity index is 362. The van der Waals surface area contributed by atoms with Crippen molar-refractivity contribution >= 4 is 5.97 Å². The van der Waals surface area contributed by atoms with Gasteiger partial charge in [0.25, 0.3) is 0 Å². The van der Waals surface area contributed by atoms with E-state index in [1.54, 1.807) is 13.4 Å². The molecule has 0 spiro atoms. The third kappa shape index (κ3) is 1.90. The van der Waals surface area contributed by atoms with Crippen molar-refractivity contribution in [2.75, 3.05) is 7.11 Å². The van der Waals surface area contributed by atoms with Crippen molar-refractivity contribution in [1.82, 2.24) is 0 Å². The van der Waals surface area contributed by atoms with Gasteiger partial charge in [0, 0.05) is 18.1 Å². The first-order valence-electron chi connectivity index (χ1n) is 4.95. The largest absolute Gasteiger partial charge is 0.481 e. The Hall–Kier alpha value is -1.29. The Morgan fingerprint density at radius 3 is 2.93 bits per heavy atom. The predicted molar refractivity (Wildman–Crippen MR) is 52.6 cm³/mol. The first-order valence-corrected chi connectivity index (χ1v) is 4.95. The SMILES string of the molecule is COCc1ccoc1C1(CC(=O)O)CC1. The number of carboxylic acids is 1. The van der Waals surface area contributed by atoms with E-state index >= 15 is 0 Å². The van der Waals surface area contributed by atoms with E-state index in [9.17, 15) is 4.79 Å². The molecule has 0 radical (unpaired) electrons. The number of methoxy groups -OCH3 is 1. The van der Waals surface area contributed by atoms with Crippen molar-refractivity contribution in [2.24, 2.45) is 0 Å². The molecule has 1 aliphatic rings. The third-order valence-corrected chi connectivity index (χ3v) is 2.87. The van der Waals surface area contributed by atoms with E-state index in [2.05, 4.69) is 0 Å². The molecule has 0 amide bonds. The normalized spacial score (nSPS) is 17.7. The van der Waals surface area contributed by atoms with E-state index < -0.39 is 5.97 Å². The topological polar surface area (TPSA) is 59.7 Å². The van der Waals surface area contributed by atoms with E-state index in [-0.39, 0.29) is 11.8 Å². The van der Waals surface area contributed by atoms with Gasteiger partial charge in [0.05, 0.1) is 19.3 Å². The van der Waals surface area contributed by atoms with E-state index in [0.29, 0.717) is 6.61 Å². The summed E-state index contributed by atoms with van der Waals surface area (Å²) in [5.74, 6) is 0.0269. The maximum atomic E-state index is 10.7. The molecule has 1 aliphatic carbocycles. The summed E-state index contributed by atoms with van der Waals surface area (Å²) in [5.41, 5.74) is 0.708. The lowest BCUT2D eigenvalue weighted by atomic mass is 9.96. The van der Waals surface area contributed by atoms with E-state index in [1.807, 2.05) is 6.07 Å². The highest BCUT2D eigenvalue weighted by atomic mass is 16.5. The summed E-state index contributed by atoms with van der Waals surface area (Å²) in [6, 6.07) is 1.85. The Morgan fingerprint density at radius 1 is 1.67 bits per heavy atom. The van der Waals surface area contributed by atoms with E-state index in [1.165, 1.54) is 0 Å². The van der Waals surface area contributed by atoms with Crippen LogP contribution in [0.1, 0.15) is 30.6 Å². The van der Waals surface area contributed by atoms with Gasteiger partial charge in [-0.15, -0.1) is 0 Å². The molecule has 4 heteroatoms. The molecule has 0 saturated heterocycles. The molecule has 1 aromatic rings. The van der Waals surface area contributed by atoms with Crippen LogP contribution in [0.15, 0.2) is 16.7 Å². The van der Waals surface area contributed by atoms with E-state index in [4.69, 9.17) is 14.3 Å². The zero-order valence-corrected chi connectivity index (χ0v) is 8.66. The minimum absolute atomic E-state index is 0.150. The first-order chi connectivity index (χ1) is 7.18. The van der Waals surface area contributed by atoms with Crippen molar-refractivity contribution in [1.29, 1.82) is 0 Å². The second kappa shape index (κ2) is 3.70. The average molecular weight is 210 g/mol. The summed E-state index contributed by atoms with van der Waals surface area (Å²) < 4.78 is 10.4. The van der Waals surface area contributed by atoms with Crippen molar-refractivity contribution in [2.45, 2.75) is 31.3 Å². The highest BCUT2D eigenvalue weighted by Gasteiger charge is 2.49. The minimum atomic E-state index is -0.771. The highest BCUT2D eigenvalue weighted by molar-refractivity contribution is 5.70. The molecule has 1 saturated carbocycles. The molecule has 15 heavy (non-hydrogen) atoms. The molecular formula is C11H14O4. The van der Waals surface area contributed by atoms with Gasteiger partial charge in [-0.3, -0.25) is 4.79 Å². The van der Waals surface area contributed by atoms with Crippen molar-refractivity contribution in [3.63, 3.8) is 0 Å². The standard InChI is InChI=1S/C11H14O4/c1-14-7-8-2-5-15-10(8)11(3-4-11)6-9(12)13/h2,5H,3-4,6-7H2,1H3,(H,12,13). The van der Waals surface area contributed by atoms with Crippen LogP contribution >= 0.6 is 0 Å². The average Bonchev–Trinajstić information content (AvgIpc) is 2.77. The summed E-state index contributed by atoms with van der Waals surface area (Å²) in [6.45, 7) is 0.479. The van der Waals surface area contributed by atoms with Crippen LogP contribution in [0, 0.1) is 0 Å². The fourth-order valence-electron chi connectivity index (χ4n) is 1.99. The second-order valence-corrected chi connectivity index (χ2v) is 4.06. The molecular weight excluding hydrogens is 196 g/mol. The van der Waals surface area contributed by atoms with Crippen LogP contribution in [-0.2, 0) is 21.6 Å². The Morgan fingerprint density at radius 2 is 2.40 bits per heavy atom. The molecule has 2 rings (SSSR count). The summed E-state index contributed by atoms with van der Waals surface area (Å²) in [5, 5.41) is 8.84. The highest BCUT2D eigenvalue weighted by Crippen LogP contribution is 2.52. The van der Waals surface area contributed by atoms with Gasteiger partial charge in [-0.2, -0.15) is 0 Å². The van der Waals surface area contributed by atoms with Gasteiger partial charge >= 0.3 is 5.97 Å². The lowest BCUT2D eigenvalue weighted by Crippen LogP contribution is -2.14. The lowest BCUT2D eigenvalue weighted by Gasteiger charge is -2.11. The monoisotopic (exact) mass is 210 g/mol. The summed E-state index contributed by atoms with van der Waals surface area (Å²) in [6.07, 6.45) is 3.54. The number of hydrogen-bond acceptors (Lipinski definition) is 3. The van der Waals surface area contributed by atoms with Crippen molar-refractivity contribution in [3.8, 4) is 0 Å². The Balaban J connectivity index is 2.21. The minimum Gasteiger partial charge on any atom is -0.481 e. The zero-order valence-electron chi connectivity index (χ0n) is 8.66. The fourth-order valence-corrected chi connectivity index (χ4v) is 1.99. The zero-order chi connectivity index (χ0) is 10.9. The van der Waals surface area contributed by atoms with Crippen LogP contribution in [0.2, 0.25) is 0 Å². The van der Waals surface area contributed by atoms with Crippen LogP contribution in [0.25, 0.3) is 0 Å². The van der Waals surface area contributed by atoms with Gasteiger partial charge in [-0.25, -0.2) is 0 Å². The van der Waals surface area contributed by atoms with Gasteiger partial charge in [0.1, 0.15) is 5.76 Å². The number of rotatable bonds is 5. The summed E-state index contributed by atoms with van der Waals surface area (Å²) >= 11 is 0. The molecule has 0 aliphatic heterocycles. The third-order valence-electron chi connectivity index (χ3n) is 2.87. The van der Waals surface area contributed by atoms with Crippen LogP contribution in [-0.4, -0.2) is 18.2 Å². The maximum Gasteiger partial charge on any atom is 0.304 e. The Labute approximate surface area is 87.8 Å². The van der Waals surface area contributed by atoms with Crippen LogP contribution in [0.4, 0.5) is 0 Å². The van der Waals surface area contributed by atoms with Crippen molar-refractivity contribution in [3.05, 3.63) is 23.7 Å². The smallest absolute Gasteiger partial charge is 0.304 e. The molecule has 1 N–H and O–H groups in total. The van der Waals surface area contributed by atoms with Crippen LogP contribution in [0.3, 0.4) is 0 Å². The number of furan rings is 1. The number of carbonyl (C=O) groups is 1. The van der Waals surface area contributed by atoms with Crippen LogP contribution in [0.5, 0.6) is 0 Å². The molecule has 0 bridgehead atoms. The van der Waals surface area contributed by atoms with Crippen LogP contribution < -0.4 is 0 Å². The number of ether oxygens (including phenoxy) is 1. The first kappa shape index (κ1) is 10.2. The molecule has 0 atom stereocenters. The molecule has 0 unspecified atom stereocenters. The molecule has 1 heterocycles. The molecule has 82 valence electrons. The van der Waals surface area contributed by atoms with Gasteiger partial charge < -0.3 is 14.3 Å². The molecule has 0 aromatic carbocycles. The summed E-state index contributed by atoms with van der Waals surface area (Å²) in [7, 11) is 1.62. The fraction of sp³-hybridized carbons (Fsp3) is 0.545. The molecule has 4 nitrogen and oxygen atoms in total. The number of carboxylic acid groups (broad SMARTS) is 1. The molecule has 1 fully saturated rings. The van der Waals surface area contributed by atoms with Crippen molar-refractivity contribution < 1.29 is 19.1 Å². The second-order valence-electron chi connectivity index (χ2n) is 4.06. The number of aliphatic carboxylic acids is 1. The Kier molecular flexibility index (Phi) is 2.52. The van der Waals surface area contributed by atoms with Gasteiger partial charge in [0.2, 0.25) is 0 Å². The van der Waals surface area contributed by atoms with Gasteiger partial charge in [0.15, 0.2) is 0 Å². The lowest BCUT2D eigenvalue weighted by molar-refractivity contribution is -0.137.